The van der Waals surface area contributed by atoms with E-state index in [-0.39, 0.29) is 0 Å². The smallest absolute Gasteiger partial charge is 0.0219 e. The normalized spacial score (nSPS) is 28.0. The number of nitrogens with zero attached hydrogens (tertiary/aromatic N) is 2. The maximum Gasteiger partial charge on any atom is 0.0219 e. The first kappa shape index (κ1) is 12.9. The van der Waals surface area contributed by atoms with Gasteiger partial charge in [0.2, 0.25) is 0 Å². The molecule has 2 N–H and O–H groups in total. The standard InChI is InChI=1S/C12H27N3/c1-5-12(13)10(2)15-8-6-7-11(9-15)14(3)4/h10-12H,5-9,13H2,1-4H3. The molecule has 3 heteroatoms. The molecule has 0 spiro atoms. The van der Waals surface area contributed by atoms with E-state index in [1.807, 2.05) is 0 Å². The van der Waals surface area contributed by atoms with Crippen LogP contribution in [0.3, 0.4) is 0 Å². The summed E-state index contributed by atoms with van der Waals surface area (Å²) in [6, 6.07) is 1.56. The van der Waals surface area contributed by atoms with E-state index in [4.69, 9.17) is 5.73 Å². The summed E-state index contributed by atoms with van der Waals surface area (Å²) in [7, 11) is 4.36. The van der Waals surface area contributed by atoms with Crippen molar-refractivity contribution in [3.05, 3.63) is 0 Å². The highest BCUT2D eigenvalue weighted by atomic mass is 15.2. The van der Waals surface area contributed by atoms with E-state index >= 15 is 0 Å². The van der Waals surface area contributed by atoms with Gasteiger partial charge in [0.1, 0.15) is 0 Å². The average molecular weight is 213 g/mol. The highest BCUT2D eigenvalue weighted by molar-refractivity contribution is 4.84. The van der Waals surface area contributed by atoms with Crippen LogP contribution in [0.4, 0.5) is 0 Å². The Balaban J connectivity index is 2.48. The first-order valence-electron chi connectivity index (χ1n) is 6.22. The highest BCUT2D eigenvalue weighted by Gasteiger charge is 2.26. The molecule has 0 bridgehead atoms. The minimum Gasteiger partial charge on any atom is -0.326 e. The molecule has 0 aromatic rings. The molecular weight excluding hydrogens is 186 g/mol. The number of hydrogen-bond acceptors (Lipinski definition) is 3. The molecule has 0 amide bonds. The first-order chi connectivity index (χ1) is 7.06. The molecule has 1 rings (SSSR count). The number of likely N-dealkylation sites (tertiary alicyclic amines) is 1. The topological polar surface area (TPSA) is 32.5 Å². The first-order valence-corrected chi connectivity index (χ1v) is 6.22. The highest BCUT2D eigenvalue weighted by Crippen LogP contribution is 2.17. The second-order valence-electron chi connectivity index (χ2n) is 5.07. The van der Waals surface area contributed by atoms with Gasteiger partial charge in [0.25, 0.3) is 0 Å². The average Bonchev–Trinajstić information content (AvgIpc) is 2.27. The number of piperidine rings is 1. The van der Waals surface area contributed by atoms with Crippen LogP contribution in [0.1, 0.15) is 33.1 Å². The zero-order valence-corrected chi connectivity index (χ0v) is 10.7. The summed E-state index contributed by atoms with van der Waals surface area (Å²) in [5, 5.41) is 0. The van der Waals surface area contributed by atoms with Gasteiger partial charge in [-0.2, -0.15) is 0 Å². The van der Waals surface area contributed by atoms with Crippen molar-refractivity contribution in [2.45, 2.75) is 51.2 Å². The summed E-state index contributed by atoms with van der Waals surface area (Å²) in [6.45, 7) is 6.85. The number of hydrogen-bond donors (Lipinski definition) is 1. The van der Waals surface area contributed by atoms with E-state index in [2.05, 4.69) is 37.7 Å². The Labute approximate surface area is 94.6 Å². The molecule has 0 aliphatic carbocycles. The summed E-state index contributed by atoms with van der Waals surface area (Å²) in [5.41, 5.74) is 6.11. The molecule has 1 heterocycles. The van der Waals surface area contributed by atoms with Crippen LogP contribution in [0.25, 0.3) is 0 Å². The van der Waals surface area contributed by atoms with Crippen LogP contribution in [0.2, 0.25) is 0 Å². The predicted molar refractivity (Wildman–Crippen MR) is 66.0 cm³/mol. The largest absolute Gasteiger partial charge is 0.326 e. The van der Waals surface area contributed by atoms with Crippen molar-refractivity contribution in [3.8, 4) is 0 Å². The Kier molecular flexibility index (Phi) is 5.03. The van der Waals surface area contributed by atoms with Crippen molar-refractivity contribution in [2.75, 3.05) is 27.2 Å². The van der Waals surface area contributed by atoms with E-state index in [0.29, 0.717) is 18.1 Å². The van der Waals surface area contributed by atoms with Gasteiger partial charge in [-0.25, -0.2) is 0 Å². The fourth-order valence-corrected chi connectivity index (χ4v) is 2.39. The van der Waals surface area contributed by atoms with Gasteiger partial charge in [0, 0.05) is 24.7 Å². The van der Waals surface area contributed by atoms with Gasteiger partial charge in [0.15, 0.2) is 0 Å². The summed E-state index contributed by atoms with van der Waals surface area (Å²) in [5.74, 6) is 0. The van der Waals surface area contributed by atoms with Crippen molar-refractivity contribution < 1.29 is 0 Å². The van der Waals surface area contributed by atoms with Gasteiger partial charge in [-0.15, -0.1) is 0 Å². The lowest BCUT2D eigenvalue weighted by Crippen LogP contribution is -2.53. The van der Waals surface area contributed by atoms with Crippen LogP contribution in [0.5, 0.6) is 0 Å². The lowest BCUT2D eigenvalue weighted by Gasteiger charge is -2.41. The Morgan fingerprint density at radius 3 is 2.67 bits per heavy atom. The van der Waals surface area contributed by atoms with Crippen molar-refractivity contribution in [2.24, 2.45) is 5.73 Å². The number of rotatable bonds is 4. The molecule has 15 heavy (non-hydrogen) atoms. The van der Waals surface area contributed by atoms with Gasteiger partial charge in [-0.3, -0.25) is 4.90 Å². The molecule has 0 saturated carbocycles. The predicted octanol–water partition coefficient (Wildman–Crippen LogP) is 1.14. The Morgan fingerprint density at radius 1 is 1.47 bits per heavy atom. The molecule has 3 nitrogen and oxygen atoms in total. The van der Waals surface area contributed by atoms with E-state index in [0.717, 1.165) is 6.42 Å². The molecule has 1 aliphatic rings. The van der Waals surface area contributed by atoms with E-state index in [1.54, 1.807) is 0 Å². The van der Waals surface area contributed by atoms with Gasteiger partial charge in [-0.05, 0) is 46.8 Å². The molecule has 1 saturated heterocycles. The second kappa shape index (κ2) is 5.83. The molecular formula is C12H27N3. The lowest BCUT2D eigenvalue weighted by molar-refractivity contribution is 0.0910. The molecule has 1 fully saturated rings. The molecule has 3 atom stereocenters. The van der Waals surface area contributed by atoms with Crippen LogP contribution in [0.15, 0.2) is 0 Å². The van der Waals surface area contributed by atoms with Crippen molar-refractivity contribution >= 4 is 0 Å². The quantitative estimate of drug-likeness (QED) is 0.760. The van der Waals surface area contributed by atoms with E-state index in [9.17, 15) is 0 Å². The maximum absolute atomic E-state index is 6.11. The van der Waals surface area contributed by atoms with Crippen LogP contribution in [-0.4, -0.2) is 55.1 Å². The molecule has 1 aliphatic heterocycles. The van der Waals surface area contributed by atoms with E-state index in [1.165, 1.54) is 25.9 Å². The third-order valence-corrected chi connectivity index (χ3v) is 3.83. The summed E-state index contributed by atoms with van der Waals surface area (Å²) in [6.07, 6.45) is 3.71. The zero-order chi connectivity index (χ0) is 11.4. The molecule has 0 aromatic carbocycles. The van der Waals surface area contributed by atoms with Crippen molar-refractivity contribution in [3.63, 3.8) is 0 Å². The lowest BCUT2D eigenvalue weighted by atomic mass is 9.99. The Bertz CT molecular complexity index is 182. The monoisotopic (exact) mass is 213 g/mol. The fraction of sp³-hybridized carbons (Fsp3) is 1.00. The van der Waals surface area contributed by atoms with Crippen LogP contribution >= 0.6 is 0 Å². The third-order valence-electron chi connectivity index (χ3n) is 3.83. The van der Waals surface area contributed by atoms with E-state index < -0.39 is 0 Å². The molecule has 90 valence electrons. The molecule has 3 unspecified atom stereocenters. The summed E-state index contributed by atoms with van der Waals surface area (Å²) >= 11 is 0. The number of likely N-dealkylation sites (N-methyl/N-ethyl adjacent to an activating group) is 1. The van der Waals surface area contributed by atoms with Gasteiger partial charge >= 0.3 is 0 Å². The maximum atomic E-state index is 6.11. The Hall–Kier alpha value is -0.120. The second-order valence-corrected chi connectivity index (χ2v) is 5.07. The van der Waals surface area contributed by atoms with Crippen LogP contribution in [0, 0.1) is 0 Å². The zero-order valence-electron chi connectivity index (χ0n) is 10.7. The van der Waals surface area contributed by atoms with Crippen molar-refractivity contribution in [1.29, 1.82) is 0 Å². The minimum absolute atomic E-state index is 0.325. The molecule has 0 aromatic heterocycles. The third kappa shape index (κ3) is 3.44. The SMILES string of the molecule is CCC(N)C(C)N1CCCC(N(C)C)C1. The fourth-order valence-electron chi connectivity index (χ4n) is 2.39. The summed E-state index contributed by atoms with van der Waals surface area (Å²) in [4.78, 5) is 4.90. The van der Waals surface area contributed by atoms with Gasteiger partial charge in [0.05, 0.1) is 0 Å². The Morgan fingerprint density at radius 2 is 2.13 bits per heavy atom. The van der Waals surface area contributed by atoms with Crippen LogP contribution in [-0.2, 0) is 0 Å². The minimum atomic E-state index is 0.325. The number of nitrogens with two attached hydrogens (primary N) is 1. The summed E-state index contributed by atoms with van der Waals surface area (Å²) < 4.78 is 0. The molecule has 0 radical (unpaired) electrons. The van der Waals surface area contributed by atoms with Gasteiger partial charge in [-0.1, -0.05) is 6.92 Å². The van der Waals surface area contributed by atoms with Crippen molar-refractivity contribution in [1.82, 2.24) is 9.80 Å². The van der Waals surface area contributed by atoms with Crippen LogP contribution < -0.4 is 5.73 Å². The van der Waals surface area contributed by atoms with Gasteiger partial charge < -0.3 is 10.6 Å².